The topological polar surface area (TPSA) is 114 Å². The van der Waals surface area contributed by atoms with Crippen molar-refractivity contribution in [2.24, 2.45) is 0 Å². The SMILES string of the molecule is CCCCC/C=C\C/C=C\CCCCCCCCCCCCCCCC(=O)NC(COP(=O)([O-])OCC[N+](C)(C)C)C(/C=C\CCCCCCCCCCC)OC(=O)CCCCCCCCCCCCC. The lowest BCUT2D eigenvalue weighted by Crippen LogP contribution is -2.47. The molecule has 71 heavy (non-hydrogen) atoms. The number of phosphoric acid groups is 1. The molecule has 418 valence electrons. The monoisotopic (exact) mass is 1020 g/mol. The van der Waals surface area contributed by atoms with E-state index in [1.807, 2.05) is 33.3 Å². The van der Waals surface area contributed by atoms with E-state index in [-0.39, 0.29) is 31.5 Å². The summed E-state index contributed by atoms with van der Waals surface area (Å²) in [5, 5.41) is 3.03. The molecule has 1 N–H and O–H groups in total. The van der Waals surface area contributed by atoms with Crippen molar-refractivity contribution < 1.29 is 37.3 Å². The molecule has 1 amide bonds. The highest BCUT2D eigenvalue weighted by Gasteiger charge is 2.27. The maximum absolute atomic E-state index is 13.5. The van der Waals surface area contributed by atoms with Crippen LogP contribution in [0.15, 0.2) is 36.5 Å². The van der Waals surface area contributed by atoms with Crippen molar-refractivity contribution in [2.45, 2.75) is 303 Å². The molecule has 3 atom stereocenters. The fourth-order valence-corrected chi connectivity index (χ4v) is 9.57. The van der Waals surface area contributed by atoms with Gasteiger partial charge in [-0.1, -0.05) is 250 Å². The molecular formula is C61H117N2O7P. The van der Waals surface area contributed by atoms with E-state index in [0.717, 1.165) is 64.2 Å². The third-order valence-corrected chi connectivity index (χ3v) is 14.5. The minimum atomic E-state index is -4.69. The number of unbranched alkanes of at least 4 members (excludes halogenated alkanes) is 35. The van der Waals surface area contributed by atoms with Gasteiger partial charge in [-0.25, -0.2) is 0 Å². The summed E-state index contributed by atoms with van der Waals surface area (Å²) in [6.45, 7) is 6.83. The number of amides is 1. The Hall–Kier alpha value is -1.77. The molecule has 0 saturated heterocycles. The van der Waals surface area contributed by atoms with E-state index in [0.29, 0.717) is 17.4 Å². The highest BCUT2D eigenvalue weighted by molar-refractivity contribution is 7.45. The van der Waals surface area contributed by atoms with Gasteiger partial charge >= 0.3 is 5.97 Å². The molecule has 0 aromatic carbocycles. The number of nitrogens with zero attached hydrogens (tertiary/aromatic N) is 1. The van der Waals surface area contributed by atoms with E-state index >= 15 is 0 Å². The van der Waals surface area contributed by atoms with E-state index in [1.165, 1.54) is 193 Å². The first-order chi connectivity index (χ1) is 34.4. The number of likely N-dealkylation sites (N-methyl/N-ethyl adjacent to an activating group) is 1. The van der Waals surface area contributed by atoms with Crippen LogP contribution >= 0.6 is 7.82 Å². The van der Waals surface area contributed by atoms with Gasteiger partial charge in [0.05, 0.1) is 33.8 Å². The number of hydrogen-bond donors (Lipinski definition) is 1. The molecule has 9 nitrogen and oxygen atoms in total. The normalized spacial score (nSPS) is 14.0. The number of ether oxygens (including phenoxy) is 1. The second-order valence-electron chi connectivity index (χ2n) is 21.9. The Labute approximate surface area is 440 Å². The van der Waals surface area contributed by atoms with Crippen molar-refractivity contribution >= 4 is 19.7 Å². The smallest absolute Gasteiger partial charge is 0.306 e. The third kappa shape index (κ3) is 52.9. The van der Waals surface area contributed by atoms with Crippen molar-refractivity contribution in [3.63, 3.8) is 0 Å². The molecule has 0 aliphatic rings. The molecular weight excluding hydrogens is 904 g/mol. The van der Waals surface area contributed by atoms with Crippen LogP contribution in [0.2, 0.25) is 0 Å². The first-order valence-electron chi connectivity index (χ1n) is 30.3. The standard InChI is InChI=1S/C61H117N2O7P/c1-7-10-13-16-19-22-25-26-27-28-29-30-31-32-33-34-35-36-39-41-44-47-50-53-60(64)62-58(57-69-71(66,67)68-56-55-63(4,5)6)59(52-49-46-43-40-37-23-20-17-14-11-8-2)70-61(65)54-51-48-45-42-38-24-21-18-15-12-9-3/h19,22,26-27,49,52,58-59H,7-18,20-21,23-25,28-48,50-51,53-57H2,1-6H3,(H-,62,64,66,67)/b22-19-,27-26-,52-49-. The average Bonchev–Trinajstić information content (AvgIpc) is 3.33. The fraction of sp³-hybridized carbons (Fsp3) is 0.869. The van der Waals surface area contributed by atoms with Crippen molar-refractivity contribution in [3.05, 3.63) is 36.5 Å². The maximum atomic E-state index is 13.5. The van der Waals surface area contributed by atoms with Gasteiger partial charge in [0.15, 0.2) is 0 Å². The molecule has 0 aliphatic heterocycles. The van der Waals surface area contributed by atoms with Crippen LogP contribution in [0.4, 0.5) is 0 Å². The largest absolute Gasteiger partial charge is 0.756 e. The first-order valence-corrected chi connectivity index (χ1v) is 31.8. The molecule has 0 spiro atoms. The van der Waals surface area contributed by atoms with Gasteiger partial charge in [0.2, 0.25) is 5.91 Å². The van der Waals surface area contributed by atoms with E-state index in [1.54, 1.807) is 0 Å². The number of nitrogens with one attached hydrogen (secondary N) is 1. The number of esters is 1. The Morgan fingerprint density at radius 1 is 0.493 bits per heavy atom. The van der Waals surface area contributed by atoms with Crippen LogP contribution in [0.5, 0.6) is 0 Å². The van der Waals surface area contributed by atoms with Crippen molar-refractivity contribution in [3.8, 4) is 0 Å². The fourth-order valence-electron chi connectivity index (χ4n) is 8.85. The summed E-state index contributed by atoms with van der Waals surface area (Å²) < 4.78 is 30.2. The molecule has 0 aromatic heterocycles. The summed E-state index contributed by atoms with van der Waals surface area (Å²) >= 11 is 0. The minimum Gasteiger partial charge on any atom is -0.756 e. The Balaban J connectivity index is 5.08. The Morgan fingerprint density at radius 3 is 1.30 bits per heavy atom. The number of hydrogen-bond acceptors (Lipinski definition) is 7. The predicted octanol–water partition coefficient (Wildman–Crippen LogP) is 17.7. The van der Waals surface area contributed by atoms with Crippen LogP contribution in [0.1, 0.15) is 290 Å². The van der Waals surface area contributed by atoms with Crippen LogP contribution in [-0.2, 0) is 27.9 Å². The van der Waals surface area contributed by atoms with Crippen molar-refractivity contribution in [1.29, 1.82) is 0 Å². The van der Waals surface area contributed by atoms with Gasteiger partial charge in [0.25, 0.3) is 7.82 Å². The molecule has 0 saturated carbocycles. The quantitative estimate of drug-likeness (QED) is 0.0212. The molecule has 3 unspecified atom stereocenters. The van der Waals surface area contributed by atoms with E-state index in [4.69, 9.17) is 13.8 Å². The molecule has 0 radical (unpaired) electrons. The van der Waals surface area contributed by atoms with Gasteiger partial charge in [-0.05, 0) is 63.9 Å². The second kappa shape index (κ2) is 51.7. The zero-order valence-electron chi connectivity index (χ0n) is 47.7. The number of carbonyl (C=O) groups is 2. The summed E-state index contributed by atoms with van der Waals surface area (Å²) in [6, 6.07) is -0.882. The van der Waals surface area contributed by atoms with Crippen LogP contribution in [0.3, 0.4) is 0 Å². The van der Waals surface area contributed by atoms with Crippen LogP contribution in [-0.4, -0.2) is 69.4 Å². The Bertz CT molecular complexity index is 1310. The molecule has 0 heterocycles. The van der Waals surface area contributed by atoms with E-state index < -0.39 is 20.0 Å². The molecule has 0 rings (SSSR count). The van der Waals surface area contributed by atoms with E-state index in [2.05, 4.69) is 50.4 Å². The number of carbonyl (C=O) groups excluding carboxylic acids is 2. The van der Waals surface area contributed by atoms with Crippen LogP contribution < -0.4 is 10.2 Å². The van der Waals surface area contributed by atoms with Crippen molar-refractivity contribution in [2.75, 3.05) is 40.9 Å². The molecule has 0 fully saturated rings. The summed E-state index contributed by atoms with van der Waals surface area (Å²) in [7, 11) is 1.19. The predicted molar refractivity (Wildman–Crippen MR) is 303 cm³/mol. The molecule has 0 aromatic rings. The highest BCUT2D eigenvalue weighted by Crippen LogP contribution is 2.38. The molecule has 10 heteroatoms. The molecule has 0 aliphatic carbocycles. The summed E-state index contributed by atoms with van der Waals surface area (Å²) in [6.07, 6.45) is 61.1. The lowest BCUT2D eigenvalue weighted by molar-refractivity contribution is -0.870. The highest BCUT2D eigenvalue weighted by atomic mass is 31.2. The Morgan fingerprint density at radius 2 is 0.859 bits per heavy atom. The van der Waals surface area contributed by atoms with Gasteiger partial charge < -0.3 is 28.5 Å². The summed E-state index contributed by atoms with van der Waals surface area (Å²) in [5.74, 6) is -0.533. The maximum Gasteiger partial charge on any atom is 0.306 e. The average molecular weight is 1020 g/mol. The molecule has 0 bridgehead atoms. The van der Waals surface area contributed by atoms with Gasteiger partial charge in [0.1, 0.15) is 19.3 Å². The van der Waals surface area contributed by atoms with Crippen LogP contribution in [0.25, 0.3) is 0 Å². The third-order valence-electron chi connectivity index (χ3n) is 13.6. The lowest BCUT2D eigenvalue weighted by atomic mass is 10.0. The lowest BCUT2D eigenvalue weighted by Gasteiger charge is -2.30. The zero-order chi connectivity index (χ0) is 52.2. The van der Waals surface area contributed by atoms with Gasteiger partial charge in [-0.3, -0.25) is 14.2 Å². The first kappa shape index (κ1) is 69.2. The van der Waals surface area contributed by atoms with Gasteiger partial charge in [0, 0.05) is 12.8 Å². The number of rotatable bonds is 55. The van der Waals surface area contributed by atoms with E-state index in [9.17, 15) is 19.0 Å². The summed E-state index contributed by atoms with van der Waals surface area (Å²) in [5.41, 5.74) is 0. The zero-order valence-corrected chi connectivity index (χ0v) is 48.6. The number of quaternary nitrogens is 1. The number of phosphoric ester groups is 1. The van der Waals surface area contributed by atoms with Crippen LogP contribution in [0, 0.1) is 0 Å². The second-order valence-corrected chi connectivity index (χ2v) is 23.3. The number of allylic oxidation sites excluding steroid dienone is 5. The van der Waals surface area contributed by atoms with Crippen molar-refractivity contribution in [1.82, 2.24) is 5.32 Å². The Kier molecular flexibility index (Phi) is 50.4. The minimum absolute atomic E-state index is 0.0200. The summed E-state index contributed by atoms with van der Waals surface area (Å²) in [4.78, 5) is 39.8. The van der Waals surface area contributed by atoms with Gasteiger partial charge in [-0.2, -0.15) is 0 Å². The van der Waals surface area contributed by atoms with Gasteiger partial charge in [-0.15, -0.1) is 0 Å².